The molecule has 1 aromatic carbocycles. The molecule has 0 radical (unpaired) electrons. The van der Waals surface area contributed by atoms with Crippen LogP contribution in [0.2, 0.25) is 0 Å². The molecular weight excluding hydrogens is 128 g/mol. The van der Waals surface area contributed by atoms with Crippen LogP contribution in [0.15, 0.2) is 18.2 Å². The minimum absolute atomic E-state index is 0. The molecule has 0 aliphatic heterocycles. The molecule has 0 saturated heterocycles. The maximum Gasteiger partial charge on any atom is 0.160 e. The highest BCUT2D eigenvalue weighted by atomic mass is 16.3. The molecule has 2 N–H and O–H groups in total. The summed E-state index contributed by atoms with van der Waals surface area (Å²) in [5.74, 6) is -0.0903. The second-order valence-electron chi connectivity index (χ2n) is 1.94. The lowest BCUT2D eigenvalue weighted by Crippen LogP contribution is -1.72. The van der Waals surface area contributed by atoms with E-state index in [9.17, 15) is 0 Å². The van der Waals surface area contributed by atoms with Crippen molar-refractivity contribution in [3.8, 4) is 11.5 Å². The third kappa shape index (κ3) is 1.41. The molecule has 2 nitrogen and oxygen atoms in total. The molecule has 1 aromatic rings. The van der Waals surface area contributed by atoms with Gasteiger partial charge in [-0.1, -0.05) is 19.6 Å². The van der Waals surface area contributed by atoms with Crippen molar-refractivity contribution in [1.29, 1.82) is 0 Å². The Labute approximate surface area is 60.8 Å². The lowest BCUT2D eigenvalue weighted by Gasteiger charge is -1.97. The highest BCUT2D eigenvalue weighted by Gasteiger charge is 1.98. The fourth-order valence-corrected chi connectivity index (χ4v) is 0.643. The van der Waals surface area contributed by atoms with Crippen molar-refractivity contribution >= 4 is 0 Å². The van der Waals surface area contributed by atoms with E-state index in [1.807, 2.05) is 0 Å². The van der Waals surface area contributed by atoms with Crippen LogP contribution in [0, 0.1) is 6.92 Å². The van der Waals surface area contributed by atoms with Gasteiger partial charge in [0.2, 0.25) is 0 Å². The van der Waals surface area contributed by atoms with Gasteiger partial charge in [0.05, 0.1) is 0 Å². The Morgan fingerprint density at radius 2 is 1.80 bits per heavy atom. The first-order valence-electron chi connectivity index (χ1n) is 2.69. The third-order valence-electron chi connectivity index (χ3n) is 1.22. The van der Waals surface area contributed by atoms with Crippen LogP contribution in [0.3, 0.4) is 0 Å². The minimum atomic E-state index is -0.0602. The standard InChI is InChI=1S/C7H8O2.CH4/c1-5-3-2-4-6(8)7(5)9;/h2-4,8-9H,1H3;1H4. The monoisotopic (exact) mass is 140 g/mol. The summed E-state index contributed by atoms with van der Waals surface area (Å²) in [5, 5.41) is 17.8. The van der Waals surface area contributed by atoms with Crippen LogP contribution >= 0.6 is 0 Å². The highest BCUT2D eigenvalue weighted by Crippen LogP contribution is 2.26. The number of phenolic OH excluding ortho intramolecular Hbond substituents is 2. The maximum absolute atomic E-state index is 8.96. The van der Waals surface area contributed by atoms with Crippen molar-refractivity contribution in [2.24, 2.45) is 0 Å². The number of phenols is 2. The molecule has 1 rings (SSSR count). The number of para-hydroxylation sites is 1. The molecule has 0 aliphatic carbocycles. The molecule has 0 aliphatic rings. The van der Waals surface area contributed by atoms with Gasteiger partial charge in [-0.2, -0.15) is 0 Å². The van der Waals surface area contributed by atoms with Gasteiger partial charge < -0.3 is 10.2 Å². The second-order valence-corrected chi connectivity index (χ2v) is 1.94. The Morgan fingerprint density at radius 1 is 1.20 bits per heavy atom. The van der Waals surface area contributed by atoms with E-state index in [0.29, 0.717) is 5.56 Å². The molecule has 10 heavy (non-hydrogen) atoms. The summed E-state index contributed by atoms with van der Waals surface area (Å²) in [5.41, 5.74) is 0.690. The van der Waals surface area contributed by atoms with Crippen molar-refractivity contribution in [2.75, 3.05) is 0 Å². The number of hydrogen-bond acceptors (Lipinski definition) is 2. The van der Waals surface area contributed by atoms with Crippen molar-refractivity contribution in [3.63, 3.8) is 0 Å². The van der Waals surface area contributed by atoms with Gasteiger partial charge in [0.25, 0.3) is 0 Å². The zero-order valence-electron chi connectivity index (χ0n) is 5.13. The Hall–Kier alpha value is -1.18. The van der Waals surface area contributed by atoms with Gasteiger partial charge in [0.1, 0.15) is 0 Å². The van der Waals surface area contributed by atoms with Crippen molar-refractivity contribution in [2.45, 2.75) is 14.4 Å². The predicted molar refractivity (Wildman–Crippen MR) is 41.2 cm³/mol. The highest BCUT2D eigenvalue weighted by molar-refractivity contribution is 5.43. The summed E-state index contributed by atoms with van der Waals surface area (Å²) in [6, 6.07) is 4.86. The molecule has 0 heterocycles. The molecule has 0 spiro atoms. The number of benzene rings is 1. The number of aromatic hydroxyl groups is 2. The molecule has 0 atom stereocenters. The van der Waals surface area contributed by atoms with Crippen LogP contribution in [0.4, 0.5) is 0 Å². The van der Waals surface area contributed by atoms with Crippen LogP contribution in [0.5, 0.6) is 11.5 Å². The number of hydrogen-bond donors (Lipinski definition) is 2. The number of aryl methyl sites for hydroxylation is 1. The summed E-state index contributed by atoms with van der Waals surface area (Å²) in [6.45, 7) is 1.73. The average molecular weight is 140 g/mol. The molecule has 0 unspecified atom stereocenters. The van der Waals surface area contributed by atoms with Gasteiger partial charge in [-0.3, -0.25) is 0 Å². The first kappa shape index (κ1) is 8.82. The van der Waals surface area contributed by atoms with Crippen LogP contribution in [0.25, 0.3) is 0 Å². The van der Waals surface area contributed by atoms with E-state index in [2.05, 4.69) is 0 Å². The maximum atomic E-state index is 8.96. The Bertz CT molecular complexity index is 198. The first-order valence-corrected chi connectivity index (χ1v) is 2.69. The number of rotatable bonds is 0. The quantitative estimate of drug-likeness (QED) is 0.541. The first-order chi connectivity index (χ1) is 4.22. The zero-order valence-corrected chi connectivity index (χ0v) is 5.13. The Balaban J connectivity index is 0.000000810. The van der Waals surface area contributed by atoms with E-state index in [0.717, 1.165) is 0 Å². The molecular formula is C8H12O2. The average Bonchev–Trinajstić information content (AvgIpc) is 1.83. The molecule has 2 heteroatoms. The van der Waals surface area contributed by atoms with Gasteiger partial charge in [-0.05, 0) is 18.6 Å². The van der Waals surface area contributed by atoms with Crippen LogP contribution in [-0.2, 0) is 0 Å². The largest absolute Gasteiger partial charge is 0.504 e. The van der Waals surface area contributed by atoms with Crippen LogP contribution in [-0.4, -0.2) is 10.2 Å². The van der Waals surface area contributed by atoms with Gasteiger partial charge >= 0.3 is 0 Å². The minimum Gasteiger partial charge on any atom is -0.504 e. The topological polar surface area (TPSA) is 40.5 Å². The fourth-order valence-electron chi connectivity index (χ4n) is 0.643. The van der Waals surface area contributed by atoms with Crippen molar-refractivity contribution < 1.29 is 10.2 Å². The third-order valence-corrected chi connectivity index (χ3v) is 1.22. The summed E-state index contributed by atoms with van der Waals surface area (Å²) >= 11 is 0. The molecule has 0 bridgehead atoms. The normalized spacial score (nSPS) is 8.50. The predicted octanol–water partition coefficient (Wildman–Crippen LogP) is 2.04. The zero-order chi connectivity index (χ0) is 6.85. The van der Waals surface area contributed by atoms with E-state index in [4.69, 9.17) is 10.2 Å². The lowest BCUT2D eigenvalue weighted by molar-refractivity contribution is 0.401. The molecule has 0 fully saturated rings. The summed E-state index contributed by atoms with van der Waals surface area (Å²) in [4.78, 5) is 0. The fraction of sp³-hybridized carbons (Fsp3) is 0.250. The van der Waals surface area contributed by atoms with Crippen LogP contribution < -0.4 is 0 Å². The van der Waals surface area contributed by atoms with Crippen molar-refractivity contribution in [1.82, 2.24) is 0 Å². The van der Waals surface area contributed by atoms with E-state index >= 15 is 0 Å². The smallest absolute Gasteiger partial charge is 0.160 e. The second kappa shape index (κ2) is 3.11. The van der Waals surface area contributed by atoms with E-state index < -0.39 is 0 Å². The van der Waals surface area contributed by atoms with Gasteiger partial charge in [-0.25, -0.2) is 0 Å². The molecule has 56 valence electrons. The van der Waals surface area contributed by atoms with Crippen LogP contribution in [0.1, 0.15) is 13.0 Å². The van der Waals surface area contributed by atoms with Gasteiger partial charge in [-0.15, -0.1) is 0 Å². The Kier molecular flexibility index (Phi) is 2.74. The molecule has 0 aromatic heterocycles. The molecule has 0 saturated carbocycles. The van der Waals surface area contributed by atoms with Crippen molar-refractivity contribution in [3.05, 3.63) is 23.8 Å². The Morgan fingerprint density at radius 3 is 2.20 bits per heavy atom. The van der Waals surface area contributed by atoms with E-state index in [1.54, 1.807) is 19.1 Å². The van der Waals surface area contributed by atoms with E-state index in [1.165, 1.54) is 6.07 Å². The lowest BCUT2D eigenvalue weighted by atomic mass is 10.2. The summed E-state index contributed by atoms with van der Waals surface area (Å²) < 4.78 is 0. The summed E-state index contributed by atoms with van der Waals surface area (Å²) in [7, 11) is 0. The van der Waals surface area contributed by atoms with E-state index in [-0.39, 0.29) is 18.9 Å². The summed E-state index contributed by atoms with van der Waals surface area (Å²) in [6.07, 6.45) is 0. The SMILES string of the molecule is C.Cc1cccc(O)c1O. The van der Waals surface area contributed by atoms with Gasteiger partial charge in [0, 0.05) is 0 Å². The molecule has 0 amide bonds. The van der Waals surface area contributed by atoms with Gasteiger partial charge in [0.15, 0.2) is 11.5 Å².